The summed E-state index contributed by atoms with van der Waals surface area (Å²) in [5.74, 6) is 0.476. The molecule has 0 unspecified atom stereocenters. The lowest BCUT2D eigenvalue weighted by Gasteiger charge is -2.35. The van der Waals surface area contributed by atoms with Gasteiger partial charge in [-0.15, -0.1) is 11.3 Å². The van der Waals surface area contributed by atoms with Crippen LogP contribution in [0.3, 0.4) is 0 Å². The average Bonchev–Trinajstić information content (AvgIpc) is 3.10. The van der Waals surface area contributed by atoms with Crippen molar-refractivity contribution in [3.63, 3.8) is 0 Å². The van der Waals surface area contributed by atoms with Crippen LogP contribution in [0.5, 0.6) is 0 Å². The molecule has 2 aromatic heterocycles. The van der Waals surface area contributed by atoms with E-state index in [-0.39, 0.29) is 6.03 Å². The minimum atomic E-state index is -0.444. The van der Waals surface area contributed by atoms with Gasteiger partial charge in [0.15, 0.2) is 0 Å². The second-order valence-electron chi connectivity index (χ2n) is 5.25. The molecule has 0 spiro atoms. The summed E-state index contributed by atoms with van der Waals surface area (Å²) in [6.07, 6.45) is 1.76. The van der Waals surface area contributed by atoms with Crippen molar-refractivity contribution in [1.29, 1.82) is 0 Å². The number of amides is 2. The van der Waals surface area contributed by atoms with E-state index in [0.717, 1.165) is 18.9 Å². The Morgan fingerprint density at radius 2 is 2.00 bits per heavy atom. The van der Waals surface area contributed by atoms with Crippen LogP contribution in [0, 0.1) is 0 Å². The van der Waals surface area contributed by atoms with Crippen LogP contribution in [0.2, 0.25) is 0 Å². The zero-order valence-corrected chi connectivity index (χ0v) is 14.1. The third kappa shape index (κ3) is 3.48. The lowest BCUT2D eigenvalue weighted by Crippen LogP contribution is -2.50. The maximum absolute atomic E-state index is 12.4. The number of hydrogen-bond acceptors (Lipinski definition) is 6. The van der Waals surface area contributed by atoms with Crippen LogP contribution >= 0.6 is 11.3 Å². The summed E-state index contributed by atoms with van der Waals surface area (Å²) in [6, 6.07) is 7.29. The van der Waals surface area contributed by atoms with E-state index in [1.807, 2.05) is 18.2 Å². The Morgan fingerprint density at radius 1 is 1.21 bits per heavy atom. The minimum absolute atomic E-state index is 0.209. The number of carbonyl (C=O) groups is 2. The quantitative estimate of drug-likeness (QED) is 0.863. The third-order valence-corrected chi connectivity index (χ3v) is 4.71. The zero-order chi connectivity index (χ0) is 16.9. The van der Waals surface area contributed by atoms with Gasteiger partial charge in [0.05, 0.1) is 12.8 Å². The van der Waals surface area contributed by atoms with Crippen LogP contribution in [0.4, 0.5) is 16.3 Å². The van der Waals surface area contributed by atoms with Crippen molar-refractivity contribution < 1.29 is 14.3 Å². The second kappa shape index (κ2) is 7.31. The number of pyridine rings is 1. The molecule has 1 saturated heterocycles. The molecular weight excluding hydrogens is 328 g/mol. The first-order valence-electron chi connectivity index (χ1n) is 7.57. The van der Waals surface area contributed by atoms with Crippen LogP contribution < -0.4 is 10.2 Å². The summed E-state index contributed by atoms with van der Waals surface area (Å²) in [5, 5.41) is 4.54. The van der Waals surface area contributed by atoms with Crippen LogP contribution in [-0.2, 0) is 4.74 Å². The summed E-state index contributed by atoms with van der Waals surface area (Å²) in [4.78, 5) is 32.7. The highest BCUT2D eigenvalue weighted by molar-refractivity contribution is 7.12. The van der Waals surface area contributed by atoms with Crippen molar-refractivity contribution in [1.82, 2.24) is 9.88 Å². The first kappa shape index (κ1) is 16.3. The second-order valence-corrected chi connectivity index (χ2v) is 6.16. The topological polar surface area (TPSA) is 74.8 Å². The van der Waals surface area contributed by atoms with E-state index in [0.29, 0.717) is 23.7 Å². The molecule has 2 amide bonds. The van der Waals surface area contributed by atoms with Crippen molar-refractivity contribution in [2.45, 2.75) is 0 Å². The molecule has 2 aromatic rings. The van der Waals surface area contributed by atoms with Gasteiger partial charge in [0.2, 0.25) is 0 Å². The third-order valence-electron chi connectivity index (χ3n) is 3.82. The monoisotopic (exact) mass is 346 g/mol. The Bertz CT molecular complexity index is 711. The van der Waals surface area contributed by atoms with Crippen LogP contribution in [0.1, 0.15) is 9.67 Å². The van der Waals surface area contributed by atoms with E-state index in [2.05, 4.69) is 15.2 Å². The van der Waals surface area contributed by atoms with Gasteiger partial charge in [-0.25, -0.2) is 14.6 Å². The molecular formula is C16H18N4O3S. The van der Waals surface area contributed by atoms with Crippen molar-refractivity contribution in [3.05, 3.63) is 40.7 Å². The van der Waals surface area contributed by atoms with Crippen LogP contribution in [0.15, 0.2) is 35.8 Å². The molecule has 0 radical (unpaired) electrons. The SMILES string of the molecule is COC(=O)c1sccc1NC(=O)N1CCN(c2ccccn2)CC1. The molecule has 126 valence electrons. The predicted octanol–water partition coefficient (Wildman–Crippen LogP) is 2.28. The molecule has 1 aliphatic rings. The normalized spacial score (nSPS) is 14.4. The number of carbonyl (C=O) groups excluding carboxylic acids is 2. The highest BCUT2D eigenvalue weighted by Gasteiger charge is 2.23. The number of rotatable bonds is 3. The molecule has 0 aliphatic carbocycles. The van der Waals surface area contributed by atoms with Crippen molar-refractivity contribution in [2.24, 2.45) is 0 Å². The maximum atomic E-state index is 12.4. The molecule has 7 nitrogen and oxygen atoms in total. The van der Waals surface area contributed by atoms with Crippen LogP contribution in [0.25, 0.3) is 0 Å². The number of anilines is 2. The highest BCUT2D eigenvalue weighted by Crippen LogP contribution is 2.23. The van der Waals surface area contributed by atoms with Gasteiger partial charge in [0.25, 0.3) is 0 Å². The Morgan fingerprint density at radius 3 is 2.67 bits per heavy atom. The smallest absolute Gasteiger partial charge is 0.350 e. The summed E-state index contributed by atoms with van der Waals surface area (Å²) < 4.78 is 4.72. The number of nitrogens with one attached hydrogen (secondary N) is 1. The number of esters is 1. The van der Waals surface area contributed by atoms with Crippen LogP contribution in [-0.4, -0.2) is 55.2 Å². The molecule has 0 bridgehead atoms. The fourth-order valence-electron chi connectivity index (χ4n) is 2.53. The largest absolute Gasteiger partial charge is 0.465 e. The number of urea groups is 1. The number of aromatic nitrogens is 1. The molecule has 24 heavy (non-hydrogen) atoms. The minimum Gasteiger partial charge on any atom is -0.465 e. The molecule has 3 rings (SSSR count). The summed E-state index contributed by atoms with van der Waals surface area (Å²) in [7, 11) is 1.32. The predicted molar refractivity (Wildman–Crippen MR) is 92.7 cm³/mol. The molecule has 0 aromatic carbocycles. The van der Waals surface area contributed by atoms with Crippen molar-refractivity contribution in [3.8, 4) is 0 Å². The van der Waals surface area contributed by atoms with Gasteiger partial charge in [-0.2, -0.15) is 0 Å². The summed E-state index contributed by atoms with van der Waals surface area (Å²) in [5.41, 5.74) is 0.490. The Labute approximate surface area is 143 Å². The zero-order valence-electron chi connectivity index (χ0n) is 13.3. The summed E-state index contributed by atoms with van der Waals surface area (Å²) in [6.45, 7) is 2.63. The highest BCUT2D eigenvalue weighted by atomic mass is 32.1. The van der Waals surface area contributed by atoms with Gasteiger partial charge in [-0.3, -0.25) is 0 Å². The molecule has 0 atom stereocenters. The lowest BCUT2D eigenvalue weighted by molar-refractivity contribution is 0.0607. The Hall–Kier alpha value is -2.61. The number of thiophene rings is 1. The standard InChI is InChI=1S/C16H18N4O3S/c1-23-15(21)14-12(5-11-24-14)18-16(22)20-9-7-19(8-10-20)13-4-2-3-6-17-13/h2-6,11H,7-10H2,1H3,(H,18,22). The Kier molecular flexibility index (Phi) is 4.95. The average molecular weight is 346 g/mol. The number of ether oxygens (including phenoxy) is 1. The van der Waals surface area contributed by atoms with E-state index < -0.39 is 5.97 Å². The fraction of sp³-hybridized carbons (Fsp3) is 0.312. The molecule has 1 aliphatic heterocycles. The maximum Gasteiger partial charge on any atom is 0.350 e. The Balaban J connectivity index is 1.58. The van der Waals surface area contributed by atoms with E-state index in [1.165, 1.54) is 18.4 Å². The van der Waals surface area contributed by atoms with Gasteiger partial charge in [0.1, 0.15) is 10.7 Å². The van der Waals surface area contributed by atoms with E-state index in [4.69, 9.17) is 4.74 Å². The fourth-order valence-corrected chi connectivity index (χ4v) is 3.30. The van der Waals surface area contributed by atoms with E-state index >= 15 is 0 Å². The van der Waals surface area contributed by atoms with E-state index in [9.17, 15) is 9.59 Å². The number of methoxy groups -OCH3 is 1. The lowest BCUT2D eigenvalue weighted by atomic mass is 10.3. The summed E-state index contributed by atoms with van der Waals surface area (Å²) >= 11 is 1.24. The number of piperazine rings is 1. The number of hydrogen-bond donors (Lipinski definition) is 1. The van der Waals surface area contributed by atoms with Crippen molar-refractivity contribution in [2.75, 3.05) is 43.5 Å². The van der Waals surface area contributed by atoms with Gasteiger partial charge < -0.3 is 19.9 Å². The molecule has 1 N–H and O–H groups in total. The van der Waals surface area contributed by atoms with Gasteiger partial charge in [-0.1, -0.05) is 6.07 Å². The first-order chi connectivity index (χ1) is 11.7. The molecule has 1 fully saturated rings. The van der Waals surface area contributed by atoms with Crippen molar-refractivity contribution >= 4 is 34.8 Å². The molecule has 3 heterocycles. The van der Waals surface area contributed by atoms with Gasteiger partial charge >= 0.3 is 12.0 Å². The number of nitrogens with zero attached hydrogens (tertiary/aromatic N) is 3. The first-order valence-corrected chi connectivity index (χ1v) is 8.44. The molecule has 8 heteroatoms. The molecule has 0 saturated carbocycles. The van der Waals surface area contributed by atoms with Gasteiger partial charge in [0, 0.05) is 32.4 Å². The van der Waals surface area contributed by atoms with Gasteiger partial charge in [-0.05, 0) is 23.6 Å². The van der Waals surface area contributed by atoms with E-state index in [1.54, 1.807) is 22.5 Å².